The third-order valence-corrected chi connectivity index (χ3v) is 2.97. The monoisotopic (exact) mass is 340 g/mol. The number of anilines is 2. The van der Waals surface area contributed by atoms with E-state index in [-0.39, 0.29) is 10.8 Å². The molecular formula is C13H10BrFN2OS. The number of hydrogen-bond donors (Lipinski definition) is 3. The molecule has 0 aromatic heterocycles. The van der Waals surface area contributed by atoms with Crippen molar-refractivity contribution in [2.75, 3.05) is 10.6 Å². The minimum atomic E-state index is -0.723. The largest absolute Gasteiger partial charge is 0.503 e. The van der Waals surface area contributed by atoms with E-state index in [1.165, 1.54) is 12.1 Å². The number of hydrogen-bond acceptors (Lipinski definition) is 2. The molecule has 19 heavy (non-hydrogen) atoms. The Labute approximate surface area is 123 Å². The van der Waals surface area contributed by atoms with E-state index >= 15 is 0 Å². The Morgan fingerprint density at radius 2 is 1.84 bits per heavy atom. The van der Waals surface area contributed by atoms with E-state index in [9.17, 15) is 9.50 Å². The van der Waals surface area contributed by atoms with Gasteiger partial charge in [-0.25, -0.2) is 4.39 Å². The molecule has 0 saturated carbocycles. The number of para-hydroxylation sites is 1. The average molecular weight is 341 g/mol. The van der Waals surface area contributed by atoms with Crippen molar-refractivity contribution in [1.82, 2.24) is 0 Å². The summed E-state index contributed by atoms with van der Waals surface area (Å²) in [6.45, 7) is 0. The summed E-state index contributed by atoms with van der Waals surface area (Å²) in [5.41, 5.74) is 0.996. The molecule has 0 aliphatic carbocycles. The standard InChI is InChI=1S/C13H10BrFN2OS/c14-8-6-10(15)12(18)11(7-8)17-13(19)16-9-4-2-1-3-5-9/h1-7,18H,(H2,16,17,19). The normalized spacial score (nSPS) is 10.0. The van der Waals surface area contributed by atoms with Gasteiger partial charge in [-0.3, -0.25) is 0 Å². The lowest BCUT2D eigenvalue weighted by atomic mass is 10.3. The maximum Gasteiger partial charge on any atom is 0.175 e. The highest BCUT2D eigenvalue weighted by Gasteiger charge is 2.10. The summed E-state index contributed by atoms with van der Waals surface area (Å²) in [4.78, 5) is 0. The van der Waals surface area contributed by atoms with Crippen LogP contribution in [0.15, 0.2) is 46.9 Å². The van der Waals surface area contributed by atoms with Crippen LogP contribution < -0.4 is 10.6 Å². The number of benzene rings is 2. The molecular weight excluding hydrogens is 331 g/mol. The zero-order valence-electron chi connectivity index (χ0n) is 9.65. The Bertz CT molecular complexity index is 607. The first-order chi connectivity index (χ1) is 9.06. The average Bonchev–Trinajstić information content (AvgIpc) is 2.36. The molecule has 2 rings (SSSR count). The number of rotatable bonds is 2. The van der Waals surface area contributed by atoms with E-state index < -0.39 is 11.6 Å². The van der Waals surface area contributed by atoms with Gasteiger partial charge in [0.05, 0.1) is 5.69 Å². The van der Waals surface area contributed by atoms with Crippen LogP contribution in [0.2, 0.25) is 0 Å². The third-order valence-electron chi connectivity index (χ3n) is 2.31. The van der Waals surface area contributed by atoms with Crippen LogP contribution in [0.5, 0.6) is 5.75 Å². The van der Waals surface area contributed by atoms with Gasteiger partial charge in [0.15, 0.2) is 16.7 Å². The van der Waals surface area contributed by atoms with Crippen molar-refractivity contribution in [3.63, 3.8) is 0 Å². The highest BCUT2D eigenvalue weighted by atomic mass is 79.9. The van der Waals surface area contributed by atoms with Crippen molar-refractivity contribution < 1.29 is 9.50 Å². The van der Waals surface area contributed by atoms with Crippen LogP contribution in [0.4, 0.5) is 15.8 Å². The van der Waals surface area contributed by atoms with Crippen molar-refractivity contribution in [3.8, 4) is 5.75 Å². The maximum absolute atomic E-state index is 13.3. The van der Waals surface area contributed by atoms with Gasteiger partial charge in [-0.05, 0) is 36.5 Å². The molecule has 0 bridgehead atoms. The van der Waals surface area contributed by atoms with Gasteiger partial charge in [-0.1, -0.05) is 34.1 Å². The van der Waals surface area contributed by atoms with Gasteiger partial charge in [0.1, 0.15) is 0 Å². The van der Waals surface area contributed by atoms with Crippen molar-refractivity contribution in [2.24, 2.45) is 0 Å². The summed E-state index contributed by atoms with van der Waals surface area (Å²) in [6.07, 6.45) is 0. The fourth-order valence-electron chi connectivity index (χ4n) is 1.47. The van der Waals surface area contributed by atoms with Gasteiger partial charge in [-0.2, -0.15) is 0 Å². The summed E-state index contributed by atoms with van der Waals surface area (Å²) in [6, 6.07) is 12.0. The Kier molecular flexibility index (Phi) is 4.34. The Balaban J connectivity index is 2.11. The molecule has 0 amide bonds. The quantitative estimate of drug-likeness (QED) is 0.568. The fourth-order valence-corrected chi connectivity index (χ4v) is 2.13. The van der Waals surface area contributed by atoms with Crippen molar-refractivity contribution >= 4 is 44.6 Å². The molecule has 0 saturated heterocycles. The maximum atomic E-state index is 13.3. The number of aromatic hydroxyl groups is 1. The van der Waals surface area contributed by atoms with Crippen LogP contribution in [0.25, 0.3) is 0 Å². The molecule has 3 nitrogen and oxygen atoms in total. The third kappa shape index (κ3) is 3.65. The first-order valence-corrected chi connectivity index (χ1v) is 6.57. The van der Waals surface area contributed by atoms with E-state index in [1.807, 2.05) is 30.3 Å². The highest BCUT2D eigenvalue weighted by molar-refractivity contribution is 9.10. The van der Waals surface area contributed by atoms with E-state index in [2.05, 4.69) is 26.6 Å². The molecule has 0 aliphatic heterocycles. The summed E-state index contributed by atoms with van der Waals surface area (Å²) in [5.74, 6) is -1.19. The molecule has 98 valence electrons. The lowest BCUT2D eigenvalue weighted by Crippen LogP contribution is -2.19. The van der Waals surface area contributed by atoms with Crippen LogP contribution in [0, 0.1) is 5.82 Å². The molecule has 2 aromatic carbocycles. The second-order valence-electron chi connectivity index (χ2n) is 3.73. The number of nitrogens with one attached hydrogen (secondary N) is 2. The van der Waals surface area contributed by atoms with Gasteiger partial charge in [-0.15, -0.1) is 0 Å². The van der Waals surface area contributed by atoms with Gasteiger partial charge in [0.2, 0.25) is 0 Å². The van der Waals surface area contributed by atoms with Crippen molar-refractivity contribution in [3.05, 3.63) is 52.8 Å². The molecule has 2 aromatic rings. The van der Waals surface area contributed by atoms with Crippen molar-refractivity contribution in [2.45, 2.75) is 0 Å². The second-order valence-corrected chi connectivity index (χ2v) is 5.05. The topological polar surface area (TPSA) is 44.3 Å². The molecule has 0 unspecified atom stereocenters. The van der Waals surface area contributed by atoms with Crippen LogP contribution in [0.3, 0.4) is 0 Å². The van der Waals surface area contributed by atoms with E-state index in [4.69, 9.17) is 12.2 Å². The fraction of sp³-hybridized carbons (Fsp3) is 0. The summed E-state index contributed by atoms with van der Waals surface area (Å²) < 4.78 is 13.8. The Morgan fingerprint density at radius 3 is 2.53 bits per heavy atom. The minimum absolute atomic E-state index is 0.195. The van der Waals surface area contributed by atoms with E-state index in [1.54, 1.807) is 0 Å². The second kappa shape index (κ2) is 5.99. The van der Waals surface area contributed by atoms with Gasteiger partial charge in [0, 0.05) is 10.2 Å². The zero-order valence-corrected chi connectivity index (χ0v) is 12.1. The number of halogens is 2. The van der Waals surface area contributed by atoms with Gasteiger partial charge < -0.3 is 15.7 Å². The van der Waals surface area contributed by atoms with Crippen molar-refractivity contribution in [1.29, 1.82) is 0 Å². The van der Waals surface area contributed by atoms with Gasteiger partial charge >= 0.3 is 0 Å². The number of thiocarbonyl (C=S) groups is 1. The Hall–Kier alpha value is -1.66. The first-order valence-electron chi connectivity index (χ1n) is 5.37. The molecule has 0 heterocycles. The minimum Gasteiger partial charge on any atom is -0.503 e. The summed E-state index contributed by atoms with van der Waals surface area (Å²) >= 11 is 8.24. The molecule has 0 spiro atoms. The lowest BCUT2D eigenvalue weighted by molar-refractivity contribution is 0.435. The van der Waals surface area contributed by atoms with E-state index in [0.29, 0.717) is 4.47 Å². The molecule has 6 heteroatoms. The number of phenols is 1. The molecule has 3 N–H and O–H groups in total. The predicted molar refractivity (Wildman–Crippen MR) is 82.1 cm³/mol. The summed E-state index contributed by atoms with van der Waals surface area (Å²) in [5, 5.41) is 15.5. The van der Waals surface area contributed by atoms with Crippen LogP contribution in [0.1, 0.15) is 0 Å². The number of phenolic OH excluding ortho intramolecular Hbond substituents is 1. The molecule has 0 atom stereocenters. The van der Waals surface area contributed by atoms with E-state index in [0.717, 1.165) is 5.69 Å². The molecule has 0 radical (unpaired) electrons. The predicted octanol–water partition coefficient (Wildman–Crippen LogP) is 4.10. The van der Waals surface area contributed by atoms with Crippen LogP contribution in [-0.4, -0.2) is 10.2 Å². The zero-order chi connectivity index (χ0) is 13.8. The first kappa shape index (κ1) is 13.8. The Morgan fingerprint density at radius 1 is 1.16 bits per heavy atom. The summed E-state index contributed by atoms with van der Waals surface area (Å²) in [7, 11) is 0. The van der Waals surface area contributed by atoms with Crippen LogP contribution >= 0.6 is 28.1 Å². The smallest absolute Gasteiger partial charge is 0.175 e. The van der Waals surface area contributed by atoms with Gasteiger partial charge in [0.25, 0.3) is 0 Å². The highest BCUT2D eigenvalue weighted by Crippen LogP contribution is 2.30. The lowest BCUT2D eigenvalue weighted by Gasteiger charge is -2.12. The SMILES string of the molecule is Oc1c(F)cc(Br)cc1NC(=S)Nc1ccccc1. The molecule has 0 aliphatic rings. The van der Waals surface area contributed by atoms with Crippen LogP contribution in [-0.2, 0) is 0 Å². The molecule has 0 fully saturated rings.